The summed E-state index contributed by atoms with van der Waals surface area (Å²) in [5.74, 6) is 0.346. The largest absolute Gasteiger partial charge is 0.348 e. The van der Waals surface area contributed by atoms with Gasteiger partial charge in [0.15, 0.2) is 0 Å². The zero-order valence-corrected chi connectivity index (χ0v) is 13.2. The van der Waals surface area contributed by atoms with Crippen LogP contribution in [0.2, 0.25) is 0 Å². The Kier molecular flexibility index (Phi) is 5.40. The van der Waals surface area contributed by atoms with Crippen LogP contribution in [0.3, 0.4) is 0 Å². The Balaban J connectivity index is 2.10. The molecule has 3 heteroatoms. The SMILES string of the molecule is Cc1cccc(C)c1C(=O)NC(CCl)Cc1ccccc1. The van der Waals surface area contributed by atoms with Crippen LogP contribution in [0.25, 0.3) is 0 Å². The van der Waals surface area contributed by atoms with Crippen molar-refractivity contribution in [3.05, 3.63) is 70.8 Å². The number of aryl methyl sites for hydroxylation is 2. The van der Waals surface area contributed by atoms with Gasteiger partial charge in [-0.05, 0) is 37.0 Å². The second kappa shape index (κ2) is 7.28. The van der Waals surface area contributed by atoms with E-state index in [0.29, 0.717) is 5.88 Å². The third kappa shape index (κ3) is 4.08. The van der Waals surface area contributed by atoms with Crippen molar-refractivity contribution in [3.63, 3.8) is 0 Å². The van der Waals surface area contributed by atoms with Gasteiger partial charge in [0.1, 0.15) is 0 Å². The van der Waals surface area contributed by atoms with E-state index in [2.05, 4.69) is 5.32 Å². The fourth-order valence-corrected chi connectivity index (χ4v) is 2.66. The maximum absolute atomic E-state index is 12.5. The number of carbonyl (C=O) groups excluding carboxylic acids is 1. The maximum atomic E-state index is 12.5. The van der Waals surface area contributed by atoms with Gasteiger partial charge in [-0.3, -0.25) is 4.79 Å². The summed E-state index contributed by atoms with van der Waals surface area (Å²) < 4.78 is 0. The Bertz CT molecular complexity index is 590. The molecule has 0 fully saturated rings. The highest BCUT2D eigenvalue weighted by atomic mass is 35.5. The molecule has 2 aromatic rings. The van der Waals surface area contributed by atoms with Crippen LogP contribution in [-0.2, 0) is 6.42 Å². The lowest BCUT2D eigenvalue weighted by Gasteiger charge is -2.18. The van der Waals surface area contributed by atoms with Crippen LogP contribution in [-0.4, -0.2) is 17.8 Å². The standard InChI is InChI=1S/C18H20ClNO/c1-13-7-6-8-14(2)17(13)18(21)20-16(12-19)11-15-9-4-3-5-10-15/h3-10,16H,11-12H2,1-2H3,(H,20,21). The van der Waals surface area contributed by atoms with Gasteiger partial charge in [0, 0.05) is 17.5 Å². The Morgan fingerprint density at radius 2 is 1.67 bits per heavy atom. The molecule has 2 rings (SSSR count). The first kappa shape index (κ1) is 15.6. The molecule has 1 amide bonds. The van der Waals surface area contributed by atoms with Gasteiger partial charge in [-0.1, -0.05) is 48.5 Å². The van der Waals surface area contributed by atoms with E-state index in [1.807, 2.05) is 62.4 Å². The summed E-state index contributed by atoms with van der Waals surface area (Å²) in [5, 5.41) is 3.04. The molecule has 2 aromatic carbocycles. The highest BCUT2D eigenvalue weighted by molar-refractivity contribution is 6.18. The second-order valence-electron chi connectivity index (χ2n) is 5.28. The molecule has 0 saturated heterocycles. The van der Waals surface area contributed by atoms with Gasteiger partial charge in [0.05, 0.1) is 0 Å². The zero-order valence-electron chi connectivity index (χ0n) is 12.4. The predicted molar refractivity (Wildman–Crippen MR) is 88.0 cm³/mol. The number of halogens is 1. The number of benzene rings is 2. The summed E-state index contributed by atoms with van der Waals surface area (Å²) in [6.45, 7) is 3.91. The molecule has 0 aliphatic heterocycles. The average molecular weight is 302 g/mol. The highest BCUT2D eigenvalue weighted by Gasteiger charge is 2.16. The lowest BCUT2D eigenvalue weighted by Crippen LogP contribution is -2.38. The van der Waals surface area contributed by atoms with E-state index in [0.717, 1.165) is 23.1 Å². The first-order valence-corrected chi connectivity index (χ1v) is 7.62. The summed E-state index contributed by atoms with van der Waals surface area (Å²) in [6.07, 6.45) is 0.737. The predicted octanol–water partition coefficient (Wildman–Crippen LogP) is 3.88. The molecule has 0 aromatic heterocycles. The quantitative estimate of drug-likeness (QED) is 0.834. The van der Waals surface area contributed by atoms with Crippen molar-refractivity contribution in [2.45, 2.75) is 26.3 Å². The minimum absolute atomic E-state index is 0.0489. The van der Waals surface area contributed by atoms with E-state index in [9.17, 15) is 4.79 Å². The number of rotatable bonds is 5. The first-order chi connectivity index (χ1) is 10.1. The number of hydrogen-bond donors (Lipinski definition) is 1. The van der Waals surface area contributed by atoms with Crippen molar-refractivity contribution in [1.82, 2.24) is 5.32 Å². The molecule has 0 aliphatic rings. The van der Waals surface area contributed by atoms with E-state index >= 15 is 0 Å². The Hall–Kier alpha value is -1.80. The topological polar surface area (TPSA) is 29.1 Å². The minimum Gasteiger partial charge on any atom is -0.348 e. The molecule has 0 bridgehead atoms. The molecule has 0 saturated carbocycles. The van der Waals surface area contributed by atoms with Crippen LogP contribution in [0.5, 0.6) is 0 Å². The van der Waals surface area contributed by atoms with Crippen molar-refractivity contribution in [3.8, 4) is 0 Å². The first-order valence-electron chi connectivity index (χ1n) is 7.08. The van der Waals surface area contributed by atoms with Gasteiger partial charge in [-0.2, -0.15) is 0 Å². The molecule has 2 nitrogen and oxygen atoms in total. The lowest BCUT2D eigenvalue weighted by molar-refractivity contribution is 0.0939. The van der Waals surface area contributed by atoms with Crippen LogP contribution in [0.4, 0.5) is 0 Å². The number of amides is 1. The smallest absolute Gasteiger partial charge is 0.252 e. The van der Waals surface area contributed by atoms with Crippen LogP contribution in [0.1, 0.15) is 27.0 Å². The minimum atomic E-state index is -0.0689. The number of carbonyl (C=O) groups is 1. The van der Waals surface area contributed by atoms with Gasteiger partial charge in [-0.25, -0.2) is 0 Å². The third-order valence-corrected chi connectivity index (χ3v) is 3.93. The monoisotopic (exact) mass is 301 g/mol. The molecule has 1 unspecified atom stereocenters. The molecule has 110 valence electrons. The van der Waals surface area contributed by atoms with Crippen LogP contribution < -0.4 is 5.32 Å². The van der Waals surface area contributed by atoms with E-state index < -0.39 is 0 Å². The summed E-state index contributed by atoms with van der Waals surface area (Å²) >= 11 is 6.01. The molecule has 0 heterocycles. The zero-order chi connectivity index (χ0) is 15.2. The Morgan fingerprint density at radius 3 is 2.24 bits per heavy atom. The molecule has 1 atom stereocenters. The van der Waals surface area contributed by atoms with Crippen LogP contribution in [0, 0.1) is 13.8 Å². The van der Waals surface area contributed by atoms with Crippen molar-refractivity contribution in [2.24, 2.45) is 0 Å². The van der Waals surface area contributed by atoms with E-state index in [4.69, 9.17) is 11.6 Å². The molecule has 1 N–H and O–H groups in total. The maximum Gasteiger partial charge on any atom is 0.252 e. The molecule has 0 spiro atoms. The summed E-state index contributed by atoms with van der Waals surface area (Å²) in [5.41, 5.74) is 3.90. The van der Waals surface area contributed by atoms with Gasteiger partial charge in [-0.15, -0.1) is 11.6 Å². The molecule has 0 aliphatic carbocycles. The number of nitrogens with one attached hydrogen (secondary N) is 1. The summed E-state index contributed by atoms with van der Waals surface area (Å²) in [6, 6.07) is 15.9. The lowest BCUT2D eigenvalue weighted by atomic mass is 10.0. The second-order valence-corrected chi connectivity index (χ2v) is 5.59. The normalized spacial score (nSPS) is 12.0. The van der Waals surface area contributed by atoms with Crippen molar-refractivity contribution < 1.29 is 4.79 Å². The molecular weight excluding hydrogens is 282 g/mol. The van der Waals surface area contributed by atoms with Crippen molar-refractivity contribution >= 4 is 17.5 Å². The van der Waals surface area contributed by atoms with Gasteiger partial charge >= 0.3 is 0 Å². The van der Waals surface area contributed by atoms with E-state index in [-0.39, 0.29) is 11.9 Å². The number of alkyl halides is 1. The Labute approximate surface area is 131 Å². The highest BCUT2D eigenvalue weighted by Crippen LogP contribution is 2.14. The van der Waals surface area contributed by atoms with Gasteiger partial charge < -0.3 is 5.32 Å². The van der Waals surface area contributed by atoms with E-state index in [1.165, 1.54) is 5.56 Å². The third-order valence-electron chi connectivity index (χ3n) is 3.55. The fraction of sp³-hybridized carbons (Fsp3) is 0.278. The summed E-state index contributed by atoms with van der Waals surface area (Å²) in [7, 11) is 0. The van der Waals surface area contributed by atoms with Gasteiger partial charge in [0.2, 0.25) is 0 Å². The number of hydrogen-bond acceptors (Lipinski definition) is 1. The molecule has 0 radical (unpaired) electrons. The average Bonchev–Trinajstić information content (AvgIpc) is 2.47. The molecule has 21 heavy (non-hydrogen) atoms. The van der Waals surface area contributed by atoms with E-state index in [1.54, 1.807) is 0 Å². The molecular formula is C18H20ClNO. The van der Waals surface area contributed by atoms with Crippen LogP contribution >= 0.6 is 11.6 Å². The van der Waals surface area contributed by atoms with Crippen LogP contribution in [0.15, 0.2) is 48.5 Å². The van der Waals surface area contributed by atoms with Crippen molar-refractivity contribution in [1.29, 1.82) is 0 Å². The summed E-state index contributed by atoms with van der Waals surface area (Å²) in [4.78, 5) is 12.5. The van der Waals surface area contributed by atoms with Gasteiger partial charge in [0.25, 0.3) is 5.91 Å². The van der Waals surface area contributed by atoms with Crippen molar-refractivity contribution in [2.75, 3.05) is 5.88 Å². The fourth-order valence-electron chi connectivity index (χ4n) is 2.47. The Morgan fingerprint density at radius 1 is 1.05 bits per heavy atom.